The van der Waals surface area contributed by atoms with E-state index in [-0.39, 0.29) is 38.3 Å². The van der Waals surface area contributed by atoms with Crippen LogP contribution in [0.25, 0.3) is 0 Å². The van der Waals surface area contributed by atoms with Crippen LogP contribution in [-0.4, -0.2) is 160 Å². The van der Waals surface area contributed by atoms with Crippen molar-refractivity contribution >= 4 is 43.5 Å². The zero-order valence-corrected chi connectivity index (χ0v) is 79.8. The Hall–Kier alpha value is -3.61. The van der Waals surface area contributed by atoms with Crippen molar-refractivity contribution in [3.63, 3.8) is 0 Å². The fourth-order valence-corrected chi connectivity index (χ4v) is 17.6. The van der Waals surface area contributed by atoms with Crippen LogP contribution in [0.15, 0.2) is 12.7 Å². The summed E-state index contributed by atoms with van der Waals surface area (Å²) < 4.78 is 68.3. The SMILES string of the molecule is C=CCO[C@H]1[C@H](O)[C@@H](CO[C@@H]2O[C@H](CO)[C@@H](OP(=O)(O)O)[C@H](OC(=O)C[C@@H](CCCCCCCCCCC)OC(=O)CCCCCCCCCCCCC)[C@H]2NC(=O)C[C@@H](CCCCCCCCCCC)OC(=O)CCCCCCCCCCCCC)O[C@@H](O)[C@@H]1NC(=O)C[C@@H](CCCCCCCCCCC)OC(=O)CCCCCCCCCCCCC. The van der Waals surface area contributed by atoms with Crippen molar-refractivity contribution in [3.05, 3.63) is 12.7 Å². The number of phosphoric ester groups is 1. The van der Waals surface area contributed by atoms with Crippen molar-refractivity contribution in [1.29, 1.82) is 0 Å². The molecule has 2 amide bonds. The molecule has 0 aromatic heterocycles. The summed E-state index contributed by atoms with van der Waals surface area (Å²) in [6, 6.07) is -3.16. The van der Waals surface area contributed by atoms with Crippen molar-refractivity contribution in [2.75, 3.05) is 19.8 Å². The summed E-state index contributed by atoms with van der Waals surface area (Å²) in [5.41, 5.74) is 0. The van der Waals surface area contributed by atoms with E-state index in [9.17, 15) is 53.6 Å². The van der Waals surface area contributed by atoms with Gasteiger partial charge in [0.25, 0.3) is 0 Å². The normalized spacial score (nSPS) is 19.9. The molecule has 24 heteroatoms. The molecule has 2 saturated heterocycles. The van der Waals surface area contributed by atoms with Gasteiger partial charge in [-0.3, -0.25) is 33.3 Å². The van der Waals surface area contributed by atoms with Crippen LogP contribution < -0.4 is 10.6 Å². The molecule has 2 aliphatic heterocycles. The number of amides is 2. The number of aliphatic hydroxyl groups excluding tert-OH is 3. The minimum absolute atomic E-state index is 0.128. The molecular weight excluding hydrogens is 1580 g/mol. The molecule has 7 N–H and O–H groups in total. The summed E-state index contributed by atoms with van der Waals surface area (Å²) in [6.45, 7) is 15.1. The van der Waals surface area contributed by atoms with Crippen molar-refractivity contribution in [3.8, 4) is 0 Å². The van der Waals surface area contributed by atoms with Gasteiger partial charge in [0.1, 0.15) is 60.9 Å². The molecule has 2 rings (SSSR count). The standard InChI is InChI=1S/C99H185N2O21P/c1-8-15-21-27-33-39-42-48-54-60-66-72-88(105)116-81(69-63-57-51-45-36-30-24-18-11-4)76-86(103)100-92-96(114-75-14-7)94(109)85(119-98(92)110)80-115-99-93(101-87(104)77-82(70-64-58-52-46-37-31-25-19-12-5)117-89(106)73-67-61-55-49-43-40-34-28-22-16-9-2)97(95(84(79-102)120-99)122-123(111,112)113)121-91(108)78-83(71-65-59-53-47-38-32-26-20-13-6)118-90(107)74-68-62-56-50-44-41-35-29-23-17-10-3/h14,81-85,92-99,102,109-110H,7-13,15-80H2,1-6H3,(H,100,103)(H,101,104)(H2,111,112,113)/t81-,82-,83-,84-,85-,92-,93-,94-,95-,96-,97-,98-,99-/m1/s1. The van der Waals surface area contributed by atoms with Gasteiger partial charge in [0.2, 0.25) is 11.8 Å². The summed E-state index contributed by atoms with van der Waals surface area (Å²) in [4.78, 5) is 107. The fourth-order valence-electron chi connectivity index (χ4n) is 17.0. The van der Waals surface area contributed by atoms with Gasteiger partial charge in [-0.25, -0.2) is 4.57 Å². The van der Waals surface area contributed by atoms with Crippen LogP contribution in [0.4, 0.5) is 0 Å². The molecule has 0 aromatic carbocycles. The molecule has 2 aliphatic rings. The molecule has 123 heavy (non-hydrogen) atoms. The minimum Gasteiger partial charge on any atom is -0.462 e. The Balaban J connectivity index is 2.66. The maximum Gasteiger partial charge on any atom is 0.470 e. The first kappa shape index (κ1) is 115. The van der Waals surface area contributed by atoms with E-state index in [2.05, 4.69) is 58.8 Å². The lowest BCUT2D eigenvalue weighted by atomic mass is 9.95. The fraction of sp³-hybridized carbons (Fsp3) is 0.919. The molecule has 722 valence electrons. The first-order valence-corrected chi connectivity index (χ1v) is 52.5. The maximum atomic E-state index is 15.1. The molecule has 2 heterocycles. The highest BCUT2D eigenvalue weighted by Crippen LogP contribution is 2.43. The average molecular weight is 1770 g/mol. The highest BCUT2D eigenvalue weighted by molar-refractivity contribution is 7.46. The Morgan fingerprint density at radius 1 is 0.366 bits per heavy atom. The third-order valence-electron chi connectivity index (χ3n) is 24.5. The van der Waals surface area contributed by atoms with Gasteiger partial charge in [-0.15, -0.1) is 6.58 Å². The number of hydrogen-bond acceptors (Lipinski definition) is 19. The van der Waals surface area contributed by atoms with E-state index < -0.39 is 143 Å². The number of nitrogens with one attached hydrogen (secondary N) is 2. The molecule has 0 unspecified atom stereocenters. The van der Waals surface area contributed by atoms with Crippen LogP contribution in [0.1, 0.15) is 485 Å². The van der Waals surface area contributed by atoms with Gasteiger partial charge in [0.05, 0.1) is 39.1 Å². The molecule has 0 spiro atoms. The van der Waals surface area contributed by atoms with E-state index in [1.165, 1.54) is 179 Å². The van der Waals surface area contributed by atoms with Crippen LogP contribution in [-0.2, 0) is 75.8 Å². The second kappa shape index (κ2) is 79.3. The van der Waals surface area contributed by atoms with Gasteiger partial charge in [-0.2, -0.15) is 0 Å². The molecule has 0 radical (unpaired) electrons. The van der Waals surface area contributed by atoms with Crippen molar-refractivity contribution < 1.29 is 101 Å². The lowest BCUT2D eigenvalue weighted by Crippen LogP contribution is -2.67. The average Bonchev–Trinajstić information content (AvgIpc) is 0.778. The first-order valence-electron chi connectivity index (χ1n) is 51.0. The number of carbonyl (C=O) groups excluding carboxylic acids is 6. The highest BCUT2D eigenvalue weighted by atomic mass is 31.2. The van der Waals surface area contributed by atoms with Crippen LogP contribution in [0.2, 0.25) is 0 Å². The van der Waals surface area contributed by atoms with E-state index in [4.69, 9.17) is 42.4 Å². The molecule has 0 bridgehead atoms. The quantitative estimate of drug-likeness (QED) is 0.00978. The number of hydrogen-bond donors (Lipinski definition) is 7. The number of aliphatic hydroxyl groups is 3. The predicted molar refractivity (Wildman–Crippen MR) is 491 cm³/mol. The summed E-state index contributed by atoms with van der Waals surface area (Å²) in [7, 11) is -5.59. The molecule has 13 atom stereocenters. The molecule has 0 saturated carbocycles. The van der Waals surface area contributed by atoms with E-state index in [1.807, 2.05) is 0 Å². The Kier molecular flexibility index (Phi) is 74.5. The highest BCUT2D eigenvalue weighted by Gasteiger charge is 2.54. The zero-order valence-electron chi connectivity index (χ0n) is 78.9. The van der Waals surface area contributed by atoms with Gasteiger partial charge in [-0.1, -0.05) is 394 Å². The van der Waals surface area contributed by atoms with Gasteiger partial charge in [0.15, 0.2) is 18.7 Å². The number of rotatable bonds is 87. The summed E-state index contributed by atoms with van der Waals surface area (Å²) in [5.74, 6) is -3.70. The van der Waals surface area contributed by atoms with Gasteiger partial charge in [-0.05, 0) is 57.8 Å². The molecule has 2 fully saturated rings. The third kappa shape index (κ3) is 62.3. The Morgan fingerprint density at radius 3 is 0.959 bits per heavy atom. The maximum absolute atomic E-state index is 15.1. The zero-order chi connectivity index (χ0) is 89.9. The Labute approximate surface area is 747 Å². The number of carbonyl (C=O) groups is 6. The van der Waals surface area contributed by atoms with Gasteiger partial charge < -0.3 is 73.6 Å². The van der Waals surface area contributed by atoms with Crippen molar-refractivity contribution in [1.82, 2.24) is 10.6 Å². The molecule has 23 nitrogen and oxygen atoms in total. The molecule has 0 aliphatic carbocycles. The van der Waals surface area contributed by atoms with Gasteiger partial charge in [0, 0.05) is 19.3 Å². The van der Waals surface area contributed by atoms with E-state index in [0.29, 0.717) is 51.4 Å². The number of ether oxygens (including phenoxy) is 8. The lowest BCUT2D eigenvalue weighted by Gasteiger charge is -2.46. The molecule has 0 aromatic rings. The van der Waals surface area contributed by atoms with Crippen LogP contribution in [0.5, 0.6) is 0 Å². The smallest absolute Gasteiger partial charge is 0.462 e. The first-order chi connectivity index (χ1) is 59.8. The summed E-state index contributed by atoms with van der Waals surface area (Å²) >= 11 is 0. The monoisotopic (exact) mass is 1770 g/mol. The second-order valence-electron chi connectivity index (χ2n) is 36.1. The topological polar surface area (TPSA) is 328 Å². The molecular formula is C99H185N2O21P. The number of phosphoric acid groups is 1. The van der Waals surface area contributed by atoms with Crippen molar-refractivity contribution in [2.24, 2.45) is 0 Å². The predicted octanol–water partition coefficient (Wildman–Crippen LogP) is 23.5. The Morgan fingerprint density at radius 2 is 0.659 bits per heavy atom. The van der Waals surface area contributed by atoms with E-state index in [0.717, 1.165) is 180 Å². The number of esters is 4. The number of unbranched alkanes of at least 4 members (excludes halogenated alkanes) is 54. The third-order valence-corrected chi connectivity index (χ3v) is 25.0. The second-order valence-corrected chi connectivity index (χ2v) is 37.3. The largest absolute Gasteiger partial charge is 0.470 e. The minimum atomic E-state index is -5.59. The van der Waals surface area contributed by atoms with Crippen LogP contribution in [0, 0.1) is 0 Å². The van der Waals surface area contributed by atoms with Gasteiger partial charge >= 0.3 is 31.7 Å². The van der Waals surface area contributed by atoms with Crippen molar-refractivity contribution in [2.45, 2.75) is 564 Å². The van der Waals surface area contributed by atoms with E-state index >= 15 is 4.79 Å². The Bertz CT molecular complexity index is 2600. The lowest BCUT2D eigenvalue weighted by molar-refractivity contribution is -0.300. The van der Waals surface area contributed by atoms with Crippen LogP contribution >= 0.6 is 7.82 Å². The summed E-state index contributed by atoms with van der Waals surface area (Å²) in [5, 5.41) is 41.2. The van der Waals surface area contributed by atoms with E-state index in [1.54, 1.807) is 0 Å². The van der Waals surface area contributed by atoms with Crippen LogP contribution in [0.3, 0.4) is 0 Å². The summed E-state index contributed by atoms with van der Waals surface area (Å²) in [6.07, 6.45) is 49.5.